The van der Waals surface area contributed by atoms with Crippen LogP contribution in [0.15, 0.2) is 42.9 Å². The maximum Gasteiger partial charge on any atom is 0.321 e. The number of halogens is 1. The van der Waals surface area contributed by atoms with Crippen molar-refractivity contribution in [1.29, 1.82) is 0 Å². The van der Waals surface area contributed by atoms with Gasteiger partial charge in [-0.05, 0) is 36.8 Å². The molecule has 4 aromatic rings. The Morgan fingerprint density at radius 3 is 2.65 bits per heavy atom. The largest absolute Gasteiger partial charge is 0.362 e. The Labute approximate surface area is 175 Å². The van der Waals surface area contributed by atoms with E-state index in [0.29, 0.717) is 34.3 Å². The number of H-pyrrole nitrogens is 1. The molecule has 3 aromatic heterocycles. The molecule has 0 aliphatic carbocycles. The number of aromatic nitrogens is 5. The van der Waals surface area contributed by atoms with Crippen molar-refractivity contribution in [1.82, 2.24) is 30.2 Å². The van der Waals surface area contributed by atoms with Gasteiger partial charge in [-0.1, -0.05) is 0 Å². The first-order valence-corrected chi connectivity index (χ1v) is 9.34. The molecule has 2 amide bonds. The number of imidazole rings is 1. The van der Waals surface area contributed by atoms with Gasteiger partial charge in [0.05, 0.1) is 5.52 Å². The summed E-state index contributed by atoms with van der Waals surface area (Å²) in [5.41, 5.74) is 2.59. The van der Waals surface area contributed by atoms with Gasteiger partial charge in [0.25, 0.3) is 0 Å². The van der Waals surface area contributed by atoms with Crippen LogP contribution in [0, 0.1) is 5.82 Å². The summed E-state index contributed by atoms with van der Waals surface area (Å²) in [6.07, 6.45) is 2.53. The number of nitrogens with one attached hydrogen (secondary N) is 3. The molecule has 0 saturated carbocycles. The van der Waals surface area contributed by atoms with Gasteiger partial charge in [-0.25, -0.2) is 24.1 Å². The Morgan fingerprint density at radius 1 is 1.19 bits per heavy atom. The van der Waals surface area contributed by atoms with Gasteiger partial charge in [-0.3, -0.25) is 10.3 Å². The summed E-state index contributed by atoms with van der Waals surface area (Å²) in [7, 11) is 0. The summed E-state index contributed by atoms with van der Waals surface area (Å²) in [6.45, 7) is 2.23. The first-order chi connectivity index (χ1) is 15.0. The average molecular weight is 423 g/mol. The lowest BCUT2D eigenvalue weighted by atomic mass is 10.0. The Kier molecular flexibility index (Phi) is 5.52. The van der Waals surface area contributed by atoms with Crippen molar-refractivity contribution in [2.24, 2.45) is 0 Å². The quantitative estimate of drug-likeness (QED) is 0.309. The summed E-state index contributed by atoms with van der Waals surface area (Å²) in [6, 6.07) is 5.77. The number of amides is 2. The second kappa shape index (κ2) is 8.42. The van der Waals surface area contributed by atoms with Gasteiger partial charge < -0.3 is 20.5 Å². The standard InChI is InChI=1S/C20H18FN7O3/c1-2-22-20(31)28-19-26-14-7-10(11-8-24-17(18(29)30)25-9-11)6-12(16(14)27-19)15-13(21)4-3-5-23-15/h3-9,18,29-30H,2H2,1H3,(H3,22,26,27,28,31). The molecule has 1 aromatic carbocycles. The number of aliphatic hydroxyl groups excluding tert-OH is 1. The zero-order valence-electron chi connectivity index (χ0n) is 16.3. The molecule has 158 valence electrons. The molecule has 0 spiro atoms. The highest BCUT2D eigenvalue weighted by Crippen LogP contribution is 2.33. The topological polar surface area (TPSA) is 149 Å². The van der Waals surface area contributed by atoms with Crippen LogP contribution in [-0.2, 0) is 0 Å². The minimum atomic E-state index is -1.79. The Morgan fingerprint density at radius 2 is 1.97 bits per heavy atom. The molecule has 0 saturated heterocycles. The number of fused-ring (bicyclic) bond motifs is 1. The normalized spacial score (nSPS) is 11.1. The molecular formula is C20H18FN7O3. The van der Waals surface area contributed by atoms with Gasteiger partial charge in [0.1, 0.15) is 17.0 Å². The monoisotopic (exact) mass is 423 g/mol. The van der Waals surface area contributed by atoms with Crippen molar-refractivity contribution in [3.05, 3.63) is 54.5 Å². The number of aromatic amines is 1. The molecule has 0 unspecified atom stereocenters. The molecule has 3 heterocycles. The lowest BCUT2D eigenvalue weighted by Gasteiger charge is -2.08. The van der Waals surface area contributed by atoms with Crippen LogP contribution in [0.2, 0.25) is 0 Å². The molecule has 0 bridgehead atoms. The van der Waals surface area contributed by atoms with E-state index in [1.54, 1.807) is 19.1 Å². The number of aliphatic hydroxyl groups is 2. The number of nitrogens with zero attached hydrogens (tertiary/aromatic N) is 4. The van der Waals surface area contributed by atoms with E-state index in [4.69, 9.17) is 0 Å². The van der Waals surface area contributed by atoms with Crippen LogP contribution in [0.25, 0.3) is 33.4 Å². The number of pyridine rings is 1. The van der Waals surface area contributed by atoms with Gasteiger partial charge in [-0.2, -0.15) is 0 Å². The van der Waals surface area contributed by atoms with Crippen LogP contribution in [0.4, 0.5) is 15.1 Å². The van der Waals surface area contributed by atoms with E-state index in [1.807, 2.05) is 0 Å². The van der Waals surface area contributed by atoms with Crippen molar-refractivity contribution in [2.75, 3.05) is 11.9 Å². The van der Waals surface area contributed by atoms with Crippen molar-refractivity contribution >= 4 is 23.0 Å². The van der Waals surface area contributed by atoms with Crippen LogP contribution in [0.5, 0.6) is 0 Å². The number of carbonyl (C=O) groups is 1. The molecular weight excluding hydrogens is 405 g/mol. The molecule has 31 heavy (non-hydrogen) atoms. The summed E-state index contributed by atoms with van der Waals surface area (Å²) in [5, 5.41) is 23.6. The van der Waals surface area contributed by atoms with Crippen LogP contribution < -0.4 is 10.6 Å². The summed E-state index contributed by atoms with van der Waals surface area (Å²) < 4.78 is 14.5. The number of hydrogen-bond donors (Lipinski definition) is 5. The molecule has 11 heteroatoms. The third-order valence-corrected chi connectivity index (χ3v) is 4.41. The van der Waals surface area contributed by atoms with E-state index in [2.05, 4.69) is 35.6 Å². The lowest BCUT2D eigenvalue weighted by molar-refractivity contribution is -0.0494. The summed E-state index contributed by atoms with van der Waals surface area (Å²) >= 11 is 0. The summed E-state index contributed by atoms with van der Waals surface area (Å²) in [5.74, 6) is -0.487. The van der Waals surface area contributed by atoms with Crippen LogP contribution >= 0.6 is 0 Å². The zero-order chi connectivity index (χ0) is 22.0. The highest BCUT2D eigenvalue weighted by molar-refractivity contribution is 5.98. The van der Waals surface area contributed by atoms with Crippen molar-refractivity contribution < 1.29 is 19.4 Å². The van der Waals surface area contributed by atoms with Crippen molar-refractivity contribution in [3.8, 4) is 22.4 Å². The van der Waals surface area contributed by atoms with E-state index < -0.39 is 18.1 Å². The maximum atomic E-state index is 14.5. The number of hydrogen-bond acceptors (Lipinski definition) is 7. The smallest absolute Gasteiger partial charge is 0.321 e. The minimum Gasteiger partial charge on any atom is -0.362 e. The molecule has 0 aliphatic heterocycles. The van der Waals surface area contributed by atoms with Crippen LogP contribution in [0.3, 0.4) is 0 Å². The number of carbonyl (C=O) groups excluding carboxylic acids is 1. The van der Waals surface area contributed by atoms with Crippen LogP contribution in [0.1, 0.15) is 19.0 Å². The highest BCUT2D eigenvalue weighted by Gasteiger charge is 2.17. The van der Waals surface area contributed by atoms with Crippen molar-refractivity contribution in [2.45, 2.75) is 13.2 Å². The molecule has 5 N–H and O–H groups in total. The zero-order valence-corrected chi connectivity index (χ0v) is 16.3. The third kappa shape index (κ3) is 4.17. The fourth-order valence-corrected chi connectivity index (χ4v) is 3.04. The maximum absolute atomic E-state index is 14.5. The minimum absolute atomic E-state index is 0.0914. The van der Waals surface area contributed by atoms with Crippen LogP contribution in [-0.4, -0.2) is 47.7 Å². The van der Waals surface area contributed by atoms with E-state index in [9.17, 15) is 19.4 Å². The number of rotatable bonds is 5. The molecule has 10 nitrogen and oxygen atoms in total. The van der Waals surface area contributed by atoms with E-state index in [1.165, 1.54) is 30.7 Å². The Hall–Kier alpha value is -3.96. The van der Waals surface area contributed by atoms with E-state index in [-0.39, 0.29) is 17.5 Å². The first kappa shape index (κ1) is 20.3. The highest BCUT2D eigenvalue weighted by atomic mass is 19.1. The predicted molar refractivity (Wildman–Crippen MR) is 110 cm³/mol. The van der Waals surface area contributed by atoms with E-state index in [0.717, 1.165) is 0 Å². The molecule has 0 radical (unpaired) electrons. The van der Waals surface area contributed by atoms with Gasteiger partial charge in [0.2, 0.25) is 12.2 Å². The van der Waals surface area contributed by atoms with E-state index >= 15 is 0 Å². The molecule has 4 rings (SSSR count). The lowest BCUT2D eigenvalue weighted by Crippen LogP contribution is -2.28. The number of benzene rings is 1. The SMILES string of the molecule is CCNC(=O)Nc1nc2c(-c3ncccc3F)cc(-c3cnc(C(O)O)nc3)cc2[nH]1. The third-order valence-electron chi connectivity index (χ3n) is 4.41. The second-order valence-electron chi connectivity index (χ2n) is 6.53. The summed E-state index contributed by atoms with van der Waals surface area (Å²) in [4.78, 5) is 31.3. The fourth-order valence-electron chi connectivity index (χ4n) is 3.04. The van der Waals surface area contributed by atoms with Gasteiger partial charge in [0.15, 0.2) is 5.82 Å². The predicted octanol–water partition coefficient (Wildman–Crippen LogP) is 2.35. The fraction of sp³-hybridized carbons (Fsp3) is 0.150. The number of urea groups is 1. The molecule has 0 aliphatic rings. The Bertz CT molecular complexity index is 1240. The van der Waals surface area contributed by atoms with Gasteiger partial charge >= 0.3 is 6.03 Å². The molecule has 0 atom stereocenters. The number of anilines is 1. The first-order valence-electron chi connectivity index (χ1n) is 9.34. The van der Waals surface area contributed by atoms with Gasteiger partial charge in [-0.15, -0.1) is 0 Å². The molecule has 0 fully saturated rings. The van der Waals surface area contributed by atoms with Crippen molar-refractivity contribution in [3.63, 3.8) is 0 Å². The Balaban J connectivity index is 1.86. The average Bonchev–Trinajstić information content (AvgIpc) is 3.16. The second-order valence-corrected chi connectivity index (χ2v) is 6.53. The van der Waals surface area contributed by atoms with Gasteiger partial charge in [0, 0.05) is 36.3 Å².